The van der Waals surface area contributed by atoms with Crippen LogP contribution in [0.15, 0.2) is 48.5 Å². The summed E-state index contributed by atoms with van der Waals surface area (Å²) in [4.78, 5) is 35.2. The number of ketones is 1. The zero-order chi connectivity index (χ0) is 26.4. The van der Waals surface area contributed by atoms with Crippen LogP contribution in [-0.4, -0.2) is 50.9 Å². The Labute approximate surface area is 197 Å². The maximum absolute atomic E-state index is 12.8. The van der Waals surface area contributed by atoms with E-state index in [1.54, 1.807) is 18.2 Å². The van der Waals surface area contributed by atoms with Crippen molar-refractivity contribution in [2.24, 2.45) is 0 Å². The molecule has 2 rings (SSSR count). The molecule has 0 saturated heterocycles. The van der Waals surface area contributed by atoms with E-state index in [2.05, 4.69) is 8.92 Å². The number of carbonyl (C=O) groups excluding carboxylic acids is 2. The molecule has 0 aliphatic heterocycles. The summed E-state index contributed by atoms with van der Waals surface area (Å²) in [7, 11) is -4.27. The van der Waals surface area contributed by atoms with E-state index in [4.69, 9.17) is 4.74 Å². The Morgan fingerprint density at radius 2 is 1.77 bits per heavy atom. The predicted molar refractivity (Wildman–Crippen MR) is 115 cm³/mol. The third-order valence-corrected chi connectivity index (χ3v) is 5.42. The topological polar surface area (TPSA) is 139 Å². The third-order valence-electron chi connectivity index (χ3n) is 4.46. The highest BCUT2D eigenvalue weighted by molar-refractivity contribution is 7.88. The molecule has 14 heteroatoms. The van der Waals surface area contributed by atoms with Crippen molar-refractivity contribution in [3.05, 3.63) is 75.3 Å². The lowest BCUT2D eigenvalue weighted by Gasteiger charge is -2.16. The fourth-order valence-corrected chi connectivity index (χ4v) is 3.28. The molecule has 0 spiro atoms. The van der Waals surface area contributed by atoms with Crippen molar-refractivity contribution in [3.8, 4) is 11.5 Å². The number of hydrogen-bond acceptors (Lipinski definition) is 9. The standard InChI is InChI=1S/C21H18F3NO9S/c1-32-17-12-13(7-6-10-16(25(28)29)18(26)14-8-4-3-5-9-14)11-15(20(27)33-2)19(17)34-35(30,31)21(22,23)24/h3-9,11-12,16H,10H2,1-2H3/b7-6+. The number of rotatable bonds is 10. The molecule has 35 heavy (non-hydrogen) atoms. The van der Waals surface area contributed by atoms with Gasteiger partial charge in [-0.1, -0.05) is 42.5 Å². The molecular formula is C21H18F3NO9S. The zero-order valence-electron chi connectivity index (χ0n) is 18.1. The molecule has 0 aliphatic rings. The van der Waals surface area contributed by atoms with E-state index in [9.17, 15) is 41.3 Å². The van der Waals surface area contributed by atoms with Crippen LogP contribution in [0, 0.1) is 10.1 Å². The SMILES string of the molecule is COC(=O)c1cc(/C=C/CC(C(=O)c2ccccc2)[N+](=O)[O-])cc(OC)c1OS(=O)(=O)C(F)(F)F. The predicted octanol–water partition coefficient (Wildman–Crippen LogP) is 3.64. The number of esters is 1. The molecule has 0 aliphatic carbocycles. The van der Waals surface area contributed by atoms with Gasteiger partial charge in [-0.3, -0.25) is 14.9 Å². The Kier molecular flexibility index (Phi) is 8.57. The molecule has 0 bridgehead atoms. The number of nitrogens with zero attached hydrogens (tertiary/aromatic N) is 1. The minimum Gasteiger partial charge on any atom is -0.493 e. The lowest BCUT2D eigenvalue weighted by molar-refractivity contribution is -0.504. The van der Waals surface area contributed by atoms with Crippen LogP contribution in [-0.2, 0) is 14.9 Å². The molecule has 0 radical (unpaired) electrons. The summed E-state index contributed by atoms with van der Waals surface area (Å²) in [5, 5.41) is 11.4. The largest absolute Gasteiger partial charge is 0.534 e. The van der Waals surface area contributed by atoms with Crippen LogP contribution in [0.2, 0.25) is 0 Å². The summed E-state index contributed by atoms with van der Waals surface area (Å²) in [6.45, 7) is 0. The highest BCUT2D eigenvalue weighted by Gasteiger charge is 2.49. The van der Waals surface area contributed by atoms with Gasteiger partial charge in [0.1, 0.15) is 5.56 Å². The summed E-state index contributed by atoms with van der Waals surface area (Å²) in [5.74, 6) is -3.61. The molecule has 2 aromatic rings. The average molecular weight is 517 g/mol. The first-order chi connectivity index (χ1) is 16.3. The first-order valence-electron chi connectivity index (χ1n) is 9.52. The van der Waals surface area contributed by atoms with E-state index in [-0.39, 0.29) is 17.5 Å². The van der Waals surface area contributed by atoms with E-state index in [1.807, 2.05) is 0 Å². The minimum atomic E-state index is -6.15. The quantitative estimate of drug-likeness (QED) is 0.115. The highest BCUT2D eigenvalue weighted by atomic mass is 32.2. The molecule has 0 heterocycles. The molecule has 0 N–H and O–H groups in total. The van der Waals surface area contributed by atoms with Crippen LogP contribution in [0.5, 0.6) is 11.5 Å². The molecule has 0 aromatic heterocycles. The van der Waals surface area contributed by atoms with Crippen molar-refractivity contribution < 1.29 is 49.8 Å². The van der Waals surface area contributed by atoms with Crippen LogP contribution < -0.4 is 8.92 Å². The van der Waals surface area contributed by atoms with Crippen LogP contribution >= 0.6 is 0 Å². The number of nitro groups is 1. The maximum atomic E-state index is 12.8. The molecule has 0 saturated carbocycles. The molecule has 10 nitrogen and oxygen atoms in total. The molecular weight excluding hydrogens is 499 g/mol. The number of methoxy groups -OCH3 is 2. The minimum absolute atomic E-state index is 0.0632. The Balaban J connectivity index is 2.43. The van der Waals surface area contributed by atoms with E-state index in [1.165, 1.54) is 24.3 Å². The summed E-state index contributed by atoms with van der Waals surface area (Å²) in [6, 6.07) is 7.91. The number of hydrogen-bond donors (Lipinski definition) is 0. The van der Waals surface area contributed by atoms with E-state index < -0.39 is 55.4 Å². The molecule has 188 valence electrons. The summed E-state index contributed by atoms with van der Waals surface area (Å²) in [5.41, 5.74) is -6.31. The third kappa shape index (κ3) is 6.56. The fraction of sp³-hybridized carbons (Fsp3) is 0.238. The van der Waals surface area contributed by atoms with Gasteiger partial charge in [-0.25, -0.2) is 4.79 Å². The lowest BCUT2D eigenvalue weighted by Crippen LogP contribution is -2.29. The molecule has 1 atom stereocenters. The molecule has 1 unspecified atom stereocenters. The number of ether oxygens (including phenoxy) is 2. The second kappa shape index (κ2) is 11.0. The number of benzene rings is 2. The van der Waals surface area contributed by atoms with Gasteiger partial charge in [-0.2, -0.15) is 21.6 Å². The Morgan fingerprint density at radius 1 is 1.14 bits per heavy atom. The van der Waals surface area contributed by atoms with Gasteiger partial charge in [0.05, 0.1) is 14.2 Å². The van der Waals surface area contributed by atoms with Gasteiger partial charge >= 0.3 is 21.6 Å². The fourth-order valence-electron chi connectivity index (χ4n) is 2.79. The molecule has 0 amide bonds. The van der Waals surface area contributed by atoms with Gasteiger partial charge in [-0.05, 0) is 17.7 Å². The van der Waals surface area contributed by atoms with Crippen LogP contribution in [0.25, 0.3) is 6.08 Å². The average Bonchev–Trinajstić information content (AvgIpc) is 2.80. The van der Waals surface area contributed by atoms with Gasteiger partial charge in [0.15, 0.2) is 11.5 Å². The smallest absolute Gasteiger partial charge is 0.493 e. The summed E-state index contributed by atoms with van der Waals surface area (Å²) in [6.07, 6.45) is 2.10. The second-order valence-electron chi connectivity index (χ2n) is 6.74. The van der Waals surface area contributed by atoms with Gasteiger partial charge in [0.2, 0.25) is 5.78 Å². The number of Topliss-reactive ketones (excluding diaryl/α,β-unsaturated/α-hetero) is 1. The summed E-state index contributed by atoms with van der Waals surface area (Å²) >= 11 is 0. The van der Waals surface area contributed by atoms with Gasteiger partial charge in [0, 0.05) is 16.9 Å². The van der Waals surface area contributed by atoms with E-state index >= 15 is 0 Å². The second-order valence-corrected chi connectivity index (χ2v) is 8.28. The van der Waals surface area contributed by atoms with Gasteiger partial charge in [0.25, 0.3) is 6.04 Å². The number of halogens is 3. The molecule has 2 aromatic carbocycles. The highest BCUT2D eigenvalue weighted by Crippen LogP contribution is 2.37. The van der Waals surface area contributed by atoms with E-state index in [0.717, 1.165) is 26.4 Å². The van der Waals surface area contributed by atoms with Crippen molar-refractivity contribution in [2.45, 2.75) is 18.0 Å². The van der Waals surface area contributed by atoms with Crippen molar-refractivity contribution in [3.63, 3.8) is 0 Å². The van der Waals surface area contributed by atoms with Crippen molar-refractivity contribution in [1.82, 2.24) is 0 Å². The molecule has 0 fully saturated rings. The van der Waals surface area contributed by atoms with Crippen LogP contribution in [0.3, 0.4) is 0 Å². The van der Waals surface area contributed by atoms with E-state index in [0.29, 0.717) is 0 Å². The van der Waals surface area contributed by atoms with Gasteiger partial charge in [-0.15, -0.1) is 0 Å². The Hall–Kier alpha value is -3.94. The maximum Gasteiger partial charge on any atom is 0.534 e. The number of alkyl halides is 3. The Morgan fingerprint density at radius 3 is 2.29 bits per heavy atom. The van der Waals surface area contributed by atoms with Crippen LogP contribution in [0.1, 0.15) is 32.7 Å². The first kappa shape index (κ1) is 27.3. The van der Waals surface area contributed by atoms with Crippen molar-refractivity contribution in [1.29, 1.82) is 0 Å². The Bertz CT molecular complexity index is 1240. The van der Waals surface area contributed by atoms with Crippen LogP contribution in [0.4, 0.5) is 13.2 Å². The first-order valence-corrected chi connectivity index (χ1v) is 10.9. The zero-order valence-corrected chi connectivity index (χ0v) is 19.0. The monoisotopic (exact) mass is 517 g/mol. The lowest BCUT2D eigenvalue weighted by atomic mass is 10.0. The summed E-state index contributed by atoms with van der Waals surface area (Å²) < 4.78 is 74.7. The van der Waals surface area contributed by atoms with Gasteiger partial charge < -0.3 is 13.7 Å². The van der Waals surface area contributed by atoms with Crippen molar-refractivity contribution >= 4 is 27.9 Å². The van der Waals surface area contributed by atoms with Crippen molar-refractivity contribution in [2.75, 3.05) is 14.2 Å². The number of carbonyl (C=O) groups is 2. The normalized spacial score (nSPS) is 12.7.